The van der Waals surface area contributed by atoms with Gasteiger partial charge in [0.15, 0.2) is 5.82 Å². The zero-order valence-corrected chi connectivity index (χ0v) is 13.3. The Morgan fingerprint density at radius 1 is 1.50 bits per heavy atom. The number of benzene rings is 1. The van der Waals surface area contributed by atoms with Gasteiger partial charge in [-0.1, -0.05) is 17.3 Å². The summed E-state index contributed by atoms with van der Waals surface area (Å²) in [5.74, 6) is 1.76. The van der Waals surface area contributed by atoms with E-state index in [-0.39, 0.29) is 25.2 Å². The number of fused-ring (bicyclic) bond motifs is 1. The van der Waals surface area contributed by atoms with Crippen molar-refractivity contribution in [1.29, 1.82) is 0 Å². The number of para-hydroxylation sites is 1. The van der Waals surface area contributed by atoms with Crippen molar-refractivity contribution in [1.82, 2.24) is 10.1 Å². The molecular formula is C15H17N3O3S. The summed E-state index contributed by atoms with van der Waals surface area (Å²) in [7, 11) is 0. The van der Waals surface area contributed by atoms with E-state index in [0.29, 0.717) is 11.7 Å². The quantitative estimate of drug-likeness (QED) is 0.862. The second-order valence-electron chi connectivity index (χ2n) is 5.12. The number of amides is 1. The molecule has 1 atom stereocenters. The zero-order chi connectivity index (χ0) is 15.5. The predicted molar refractivity (Wildman–Crippen MR) is 82.8 cm³/mol. The lowest BCUT2D eigenvalue weighted by atomic mass is 10.2. The molecule has 0 bridgehead atoms. The largest absolute Gasteiger partial charge is 0.362 e. The van der Waals surface area contributed by atoms with Crippen molar-refractivity contribution < 1.29 is 14.1 Å². The average Bonchev–Trinajstić information content (AvgIpc) is 2.92. The van der Waals surface area contributed by atoms with E-state index < -0.39 is 0 Å². The van der Waals surface area contributed by atoms with E-state index in [1.54, 1.807) is 18.7 Å². The van der Waals surface area contributed by atoms with Gasteiger partial charge >= 0.3 is 0 Å². The van der Waals surface area contributed by atoms with Crippen LogP contribution in [0.2, 0.25) is 0 Å². The molecule has 6 nitrogen and oxygen atoms in total. The van der Waals surface area contributed by atoms with Gasteiger partial charge in [0.1, 0.15) is 13.2 Å². The van der Waals surface area contributed by atoms with Crippen LogP contribution in [0.15, 0.2) is 33.7 Å². The second kappa shape index (κ2) is 6.50. The first-order chi connectivity index (χ1) is 10.6. The third-order valence-electron chi connectivity index (χ3n) is 3.34. The first-order valence-electron chi connectivity index (χ1n) is 7.06. The Labute approximate surface area is 132 Å². The normalized spacial score (nSPS) is 17.4. The molecule has 2 heterocycles. The van der Waals surface area contributed by atoms with Crippen molar-refractivity contribution in [2.24, 2.45) is 0 Å². The number of ether oxygens (including phenoxy) is 1. The molecule has 0 saturated carbocycles. The molecule has 1 aliphatic rings. The van der Waals surface area contributed by atoms with Gasteiger partial charge in [0.2, 0.25) is 0 Å². The number of hydrogen-bond acceptors (Lipinski definition) is 6. The van der Waals surface area contributed by atoms with Gasteiger partial charge in [-0.05, 0) is 26.0 Å². The molecule has 0 saturated heterocycles. The van der Waals surface area contributed by atoms with Crippen LogP contribution in [0.3, 0.4) is 0 Å². The fourth-order valence-electron chi connectivity index (χ4n) is 2.37. The molecule has 7 heteroatoms. The molecule has 0 N–H and O–H groups in total. The van der Waals surface area contributed by atoms with Crippen molar-refractivity contribution in [2.75, 3.05) is 17.3 Å². The van der Waals surface area contributed by atoms with E-state index in [2.05, 4.69) is 10.1 Å². The number of nitrogens with zero attached hydrogens (tertiary/aromatic N) is 3. The van der Waals surface area contributed by atoms with Crippen molar-refractivity contribution in [3.05, 3.63) is 36.0 Å². The lowest BCUT2D eigenvalue weighted by molar-refractivity contribution is -0.124. The maximum absolute atomic E-state index is 12.5. The summed E-state index contributed by atoms with van der Waals surface area (Å²) in [5, 5.41) is 3.68. The predicted octanol–water partition coefficient (Wildman–Crippen LogP) is 2.42. The van der Waals surface area contributed by atoms with Crippen molar-refractivity contribution >= 4 is 23.4 Å². The molecule has 1 aromatic carbocycles. The standard InChI is InChI=1S/C15H17N3O3S/c1-10-9-22-13-6-4-3-5-12(13)18(10)15(19)8-20-7-14-16-11(2)17-21-14/h3-6,10H,7-9H2,1-2H3. The maximum Gasteiger partial charge on any atom is 0.253 e. The van der Waals surface area contributed by atoms with Crippen LogP contribution in [-0.2, 0) is 16.1 Å². The van der Waals surface area contributed by atoms with Crippen LogP contribution in [0, 0.1) is 6.92 Å². The van der Waals surface area contributed by atoms with E-state index in [1.165, 1.54) is 0 Å². The molecule has 1 amide bonds. The number of aromatic nitrogens is 2. The number of rotatable bonds is 4. The van der Waals surface area contributed by atoms with Crippen LogP contribution >= 0.6 is 11.8 Å². The zero-order valence-electron chi connectivity index (χ0n) is 12.5. The highest BCUT2D eigenvalue weighted by molar-refractivity contribution is 7.99. The first-order valence-corrected chi connectivity index (χ1v) is 8.04. The molecule has 116 valence electrons. The number of hydrogen-bond donors (Lipinski definition) is 0. The summed E-state index contributed by atoms with van der Waals surface area (Å²) >= 11 is 1.77. The van der Waals surface area contributed by atoms with Gasteiger partial charge < -0.3 is 14.2 Å². The maximum atomic E-state index is 12.5. The van der Waals surface area contributed by atoms with Crippen molar-refractivity contribution in [3.63, 3.8) is 0 Å². The highest BCUT2D eigenvalue weighted by Gasteiger charge is 2.28. The lowest BCUT2D eigenvalue weighted by Gasteiger charge is -2.34. The molecule has 1 unspecified atom stereocenters. The summed E-state index contributed by atoms with van der Waals surface area (Å²) in [6.45, 7) is 3.92. The van der Waals surface area contributed by atoms with E-state index in [1.807, 2.05) is 36.1 Å². The minimum Gasteiger partial charge on any atom is -0.362 e. The smallest absolute Gasteiger partial charge is 0.253 e. The van der Waals surface area contributed by atoms with Gasteiger partial charge in [-0.2, -0.15) is 4.98 Å². The van der Waals surface area contributed by atoms with Crippen LogP contribution in [0.5, 0.6) is 0 Å². The molecular weight excluding hydrogens is 302 g/mol. The topological polar surface area (TPSA) is 68.5 Å². The molecule has 1 aromatic heterocycles. The molecule has 2 aromatic rings. The van der Waals surface area contributed by atoms with Crippen LogP contribution in [0.25, 0.3) is 0 Å². The average molecular weight is 319 g/mol. The van der Waals surface area contributed by atoms with Crippen molar-refractivity contribution in [2.45, 2.75) is 31.4 Å². The number of thioether (sulfide) groups is 1. The summed E-state index contributed by atoms with van der Waals surface area (Å²) in [5.41, 5.74) is 0.952. The Kier molecular flexibility index (Phi) is 4.44. The summed E-state index contributed by atoms with van der Waals surface area (Å²) in [4.78, 5) is 19.5. The van der Waals surface area contributed by atoms with E-state index in [0.717, 1.165) is 16.3 Å². The number of carbonyl (C=O) groups excluding carboxylic acids is 1. The van der Waals surface area contributed by atoms with Crippen LogP contribution < -0.4 is 4.90 Å². The van der Waals surface area contributed by atoms with E-state index in [9.17, 15) is 4.79 Å². The van der Waals surface area contributed by atoms with Gasteiger partial charge in [-0.3, -0.25) is 4.79 Å². The van der Waals surface area contributed by atoms with Gasteiger partial charge in [0.25, 0.3) is 11.8 Å². The van der Waals surface area contributed by atoms with Crippen LogP contribution in [0.4, 0.5) is 5.69 Å². The highest BCUT2D eigenvalue weighted by Crippen LogP contribution is 2.37. The van der Waals surface area contributed by atoms with E-state index in [4.69, 9.17) is 9.26 Å². The summed E-state index contributed by atoms with van der Waals surface area (Å²) < 4.78 is 10.4. The Balaban J connectivity index is 1.64. The van der Waals surface area contributed by atoms with Crippen LogP contribution in [-0.4, -0.2) is 34.4 Å². The number of anilines is 1. The summed E-state index contributed by atoms with van der Waals surface area (Å²) in [6, 6.07) is 8.08. The third-order valence-corrected chi connectivity index (χ3v) is 4.64. The molecule has 0 spiro atoms. The number of carbonyl (C=O) groups is 1. The minimum atomic E-state index is -0.0588. The Bertz CT molecular complexity index is 674. The van der Waals surface area contributed by atoms with E-state index >= 15 is 0 Å². The molecule has 0 fully saturated rings. The fraction of sp³-hybridized carbons (Fsp3) is 0.400. The minimum absolute atomic E-state index is 0.00916. The number of aryl methyl sites for hydroxylation is 1. The van der Waals surface area contributed by atoms with Crippen molar-refractivity contribution in [3.8, 4) is 0 Å². The molecule has 0 radical (unpaired) electrons. The lowest BCUT2D eigenvalue weighted by Crippen LogP contribution is -2.44. The molecule has 3 rings (SSSR count). The second-order valence-corrected chi connectivity index (χ2v) is 6.18. The third kappa shape index (κ3) is 3.15. The van der Waals surface area contributed by atoms with Gasteiger partial charge in [-0.15, -0.1) is 11.8 Å². The first kappa shape index (κ1) is 15.1. The van der Waals surface area contributed by atoms with Crippen LogP contribution in [0.1, 0.15) is 18.6 Å². The molecule has 1 aliphatic heterocycles. The molecule has 22 heavy (non-hydrogen) atoms. The SMILES string of the molecule is Cc1noc(COCC(=O)N2c3ccccc3SCC2C)n1. The fourth-order valence-corrected chi connectivity index (χ4v) is 3.43. The van der Waals surface area contributed by atoms with Gasteiger partial charge in [0, 0.05) is 16.7 Å². The Morgan fingerprint density at radius 2 is 2.32 bits per heavy atom. The monoisotopic (exact) mass is 319 g/mol. The Hall–Kier alpha value is -1.86. The molecule has 0 aliphatic carbocycles. The van der Waals surface area contributed by atoms with Gasteiger partial charge in [0.05, 0.1) is 5.69 Å². The Morgan fingerprint density at radius 3 is 3.09 bits per heavy atom. The summed E-state index contributed by atoms with van der Waals surface area (Å²) in [6.07, 6.45) is 0. The highest BCUT2D eigenvalue weighted by atomic mass is 32.2. The van der Waals surface area contributed by atoms with Gasteiger partial charge in [-0.25, -0.2) is 0 Å².